The van der Waals surface area contributed by atoms with Crippen LogP contribution in [-0.2, 0) is 6.42 Å². The van der Waals surface area contributed by atoms with E-state index in [0.717, 1.165) is 16.8 Å². The Morgan fingerprint density at radius 1 is 1.17 bits per heavy atom. The zero-order valence-corrected chi connectivity index (χ0v) is 11.3. The SMILES string of the molecule is Cc1nc(N)nc(N)c1Cc1ccc(Cl)cc1Cl. The summed E-state index contributed by atoms with van der Waals surface area (Å²) in [6.07, 6.45) is 0.550. The monoisotopic (exact) mass is 282 g/mol. The van der Waals surface area contributed by atoms with Gasteiger partial charge in [0, 0.05) is 27.7 Å². The van der Waals surface area contributed by atoms with Crippen LogP contribution in [0.1, 0.15) is 16.8 Å². The number of rotatable bonds is 2. The van der Waals surface area contributed by atoms with Crippen LogP contribution >= 0.6 is 23.2 Å². The van der Waals surface area contributed by atoms with E-state index < -0.39 is 0 Å². The van der Waals surface area contributed by atoms with Gasteiger partial charge >= 0.3 is 0 Å². The predicted molar refractivity (Wildman–Crippen MR) is 74.9 cm³/mol. The van der Waals surface area contributed by atoms with Crippen molar-refractivity contribution in [2.45, 2.75) is 13.3 Å². The number of nitrogens with two attached hydrogens (primary N) is 2. The molecule has 2 rings (SSSR count). The number of anilines is 2. The number of hydrogen-bond donors (Lipinski definition) is 2. The van der Waals surface area contributed by atoms with Crippen LogP contribution in [0.15, 0.2) is 18.2 Å². The van der Waals surface area contributed by atoms with E-state index in [9.17, 15) is 0 Å². The summed E-state index contributed by atoms with van der Waals surface area (Å²) in [5.74, 6) is 0.557. The van der Waals surface area contributed by atoms with Crippen LogP contribution in [0.4, 0.5) is 11.8 Å². The van der Waals surface area contributed by atoms with Crippen LogP contribution in [0.3, 0.4) is 0 Å². The number of aryl methyl sites for hydroxylation is 1. The zero-order valence-electron chi connectivity index (χ0n) is 9.74. The molecule has 2 aromatic rings. The molecule has 0 spiro atoms. The minimum Gasteiger partial charge on any atom is -0.383 e. The van der Waals surface area contributed by atoms with Crippen molar-refractivity contribution in [3.8, 4) is 0 Å². The van der Waals surface area contributed by atoms with Gasteiger partial charge in [-0.25, -0.2) is 4.98 Å². The van der Waals surface area contributed by atoms with Gasteiger partial charge in [-0.15, -0.1) is 0 Å². The topological polar surface area (TPSA) is 77.8 Å². The second-order valence-electron chi connectivity index (χ2n) is 3.94. The van der Waals surface area contributed by atoms with Gasteiger partial charge in [-0.05, 0) is 24.6 Å². The molecule has 0 aliphatic rings. The van der Waals surface area contributed by atoms with Crippen LogP contribution in [0.2, 0.25) is 10.0 Å². The molecule has 0 fully saturated rings. The third kappa shape index (κ3) is 2.66. The van der Waals surface area contributed by atoms with Crippen molar-refractivity contribution >= 4 is 35.0 Å². The van der Waals surface area contributed by atoms with Crippen LogP contribution in [0, 0.1) is 6.92 Å². The van der Waals surface area contributed by atoms with Gasteiger partial charge in [0.1, 0.15) is 5.82 Å². The third-order valence-electron chi connectivity index (χ3n) is 2.65. The quantitative estimate of drug-likeness (QED) is 0.888. The fraction of sp³-hybridized carbons (Fsp3) is 0.167. The molecule has 0 bridgehead atoms. The maximum Gasteiger partial charge on any atom is 0.222 e. The molecule has 0 radical (unpaired) electrons. The van der Waals surface area contributed by atoms with Gasteiger partial charge in [0.15, 0.2) is 0 Å². The Bertz CT molecular complexity index is 576. The molecule has 0 aliphatic heterocycles. The first-order valence-corrected chi connectivity index (χ1v) is 6.05. The zero-order chi connectivity index (χ0) is 13.3. The third-order valence-corrected chi connectivity index (χ3v) is 3.23. The average molecular weight is 283 g/mol. The highest BCUT2D eigenvalue weighted by atomic mass is 35.5. The molecule has 0 saturated heterocycles. The summed E-state index contributed by atoms with van der Waals surface area (Å²) in [5, 5.41) is 1.19. The molecule has 0 saturated carbocycles. The van der Waals surface area contributed by atoms with Crippen molar-refractivity contribution in [1.29, 1.82) is 0 Å². The maximum atomic E-state index is 6.12. The number of nitrogen functional groups attached to an aromatic ring is 2. The summed E-state index contributed by atoms with van der Waals surface area (Å²) in [5.41, 5.74) is 13.9. The second kappa shape index (κ2) is 5.00. The Kier molecular flexibility index (Phi) is 3.59. The number of benzene rings is 1. The molecule has 4 N–H and O–H groups in total. The van der Waals surface area contributed by atoms with Crippen LogP contribution in [-0.4, -0.2) is 9.97 Å². The highest BCUT2D eigenvalue weighted by Gasteiger charge is 2.11. The Balaban J connectivity index is 2.40. The summed E-state index contributed by atoms with van der Waals surface area (Å²) in [6, 6.07) is 5.34. The van der Waals surface area contributed by atoms with Gasteiger partial charge < -0.3 is 11.5 Å². The molecule has 4 nitrogen and oxygen atoms in total. The van der Waals surface area contributed by atoms with Gasteiger partial charge in [0.2, 0.25) is 5.95 Å². The number of nitrogens with zero attached hydrogens (tertiary/aromatic N) is 2. The predicted octanol–water partition coefficient (Wildman–Crippen LogP) is 2.85. The Hall–Kier alpha value is -1.52. The number of aromatic nitrogens is 2. The van der Waals surface area contributed by atoms with E-state index in [2.05, 4.69) is 9.97 Å². The largest absolute Gasteiger partial charge is 0.383 e. The molecule has 0 aliphatic carbocycles. The molecule has 0 amide bonds. The lowest BCUT2D eigenvalue weighted by Gasteiger charge is -2.10. The molecule has 0 unspecified atom stereocenters. The molecular formula is C12H12Cl2N4. The lowest BCUT2D eigenvalue weighted by Crippen LogP contribution is -2.07. The first kappa shape index (κ1) is 12.9. The van der Waals surface area contributed by atoms with Gasteiger partial charge in [0.25, 0.3) is 0 Å². The van der Waals surface area contributed by atoms with Gasteiger partial charge in [-0.3, -0.25) is 0 Å². The fourth-order valence-electron chi connectivity index (χ4n) is 1.71. The van der Waals surface area contributed by atoms with E-state index >= 15 is 0 Å². The van der Waals surface area contributed by atoms with Crippen LogP contribution in [0.5, 0.6) is 0 Å². The van der Waals surface area contributed by atoms with Gasteiger partial charge in [-0.2, -0.15) is 4.98 Å². The lowest BCUT2D eigenvalue weighted by atomic mass is 10.0. The Labute approximate surface area is 115 Å². The van der Waals surface area contributed by atoms with Crippen LogP contribution in [0.25, 0.3) is 0 Å². The minimum absolute atomic E-state index is 0.177. The standard InChI is InChI=1S/C12H12Cl2N4/c1-6-9(11(15)18-12(16)17-6)4-7-2-3-8(13)5-10(7)14/h2-3,5H,4H2,1H3,(H4,15,16,17,18). The van der Waals surface area contributed by atoms with Crippen molar-refractivity contribution in [1.82, 2.24) is 9.97 Å². The average Bonchev–Trinajstić information content (AvgIpc) is 2.25. The van der Waals surface area contributed by atoms with Crippen molar-refractivity contribution in [2.75, 3.05) is 11.5 Å². The summed E-state index contributed by atoms with van der Waals surface area (Å²) < 4.78 is 0. The molecule has 18 heavy (non-hydrogen) atoms. The molecule has 1 heterocycles. The summed E-state index contributed by atoms with van der Waals surface area (Å²) in [6.45, 7) is 1.84. The molecule has 94 valence electrons. The van der Waals surface area contributed by atoms with Crippen molar-refractivity contribution in [3.05, 3.63) is 45.1 Å². The molecular weight excluding hydrogens is 271 g/mol. The molecule has 1 aromatic heterocycles. The smallest absolute Gasteiger partial charge is 0.222 e. The molecule has 0 atom stereocenters. The number of halogens is 2. The first-order chi connectivity index (χ1) is 8.47. The van der Waals surface area contributed by atoms with E-state index in [1.807, 2.05) is 13.0 Å². The molecule has 1 aromatic carbocycles. The molecule has 6 heteroatoms. The summed E-state index contributed by atoms with van der Waals surface area (Å²) in [4.78, 5) is 8.05. The van der Waals surface area contributed by atoms with Crippen molar-refractivity contribution < 1.29 is 0 Å². The van der Waals surface area contributed by atoms with E-state index in [1.54, 1.807) is 12.1 Å². The van der Waals surface area contributed by atoms with Crippen LogP contribution < -0.4 is 11.5 Å². The highest BCUT2D eigenvalue weighted by molar-refractivity contribution is 6.35. The van der Waals surface area contributed by atoms with E-state index in [1.165, 1.54) is 0 Å². The van der Waals surface area contributed by atoms with Crippen molar-refractivity contribution in [2.24, 2.45) is 0 Å². The van der Waals surface area contributed by atoms with Gasteiger partial charge in [0.05, 0.1) is 0 Å². The maximum absolute atomic E-state index is 6.12. The minimum atomic E-state index is 0.177. The Morgan fingerprint density at radius 3 is 2.50 bits per heavy atom. The highest BCUT2D eigenvalue weighted by Crippen LogP contribution is 2.26. The second-order valence-corrected chi connectivity index (χ2v) is 4.79. The lowest BCUT2D eigenvalue weighted by molar-refractivity contribution is 1.04. The summed E-state index contributed by atoms with van der Waals surface area (Å²) in [7, 11) is 0. The van der Waals surface area contributed by atoms with E-state index in [-0.39, 0.29) is 5.95 Å². The van der Waals surface area contributed by atoms with E-state index in [4.69, 9.17) is 34.7 Å². The summed E-state index contributed by atoms with van der Waals surface area (Å²) >= 11 is 12.0. The van der Waals surface area contributed by atoms with Gasteiger partial charge in [-0.1, -0.05) is 29.3 Å². The normalized spacial score (nSPS) is 10.6. The van der Waals surface area contributed by atoms with E-state index in [0.29, 0.717) is 22.3 Å². The number of hydrogen-bond acceptors (Lipinski definition) is 4. The Morgan fingerprint density at radius 2 is 1.89 bits per heavy atom. The fourth-order valence-corrected chi connectivity index (χ4v) is 2.19. The van der Waals surface area contributed by atoms with Crippen molar-refractivity contribution in [3.63, 3.8) is 0 Å². The first-order valence-electron chi connectivity index (χ1n) is 5.29.